The fourth-order valence-corrected chi connectivity index (χ4v) is 2.91. The lowest BCUT2D eigenvalue weighted by molar-refractivity contribution is 0.171. The Morgan fingerprint density at radius 3 is 2.86 bits per heavy atom. The number of aliphatic hydroxyl groups is 1. The lowest BCUT2D eigenvalue weighted by Crippen LogP contribution is -2.23. The highest BCUT2D eigenvalue weighted by Crippen LogP contribution is 2.38. The molecule has 0 radical (unpaired) electrons. The number of nitrogens with one attached hydrogen (secondary N) is 1. The second-order valence-corrected chi connectivity index (χ2v) is 5.81. The van der Waals surface area contributed by atoms with Crippen molar-refractivity contribution in [2.24, 2.45) is 5.92 Å². The molecule has 0 amide bonds. The largest absolute Gasteiger partial charge is 0.486 e. The molecule has 0 aliphatic carbocycles. The van der Waals surface area contributed by atoms with Crippen molar-refractivity contribution < 1.29 is 14.6 Å². The first-order chi connectivity index (χ1) is 10.2. The monoisotopic (exact) mass is 313 g/mol. The van der Waals surface area contributed by atoms with Crippen molar-refractivity contribution in [3.63, 3.8) is 0 Å². The van der Waals surface area contributed by atoms with Crippen LogP contribution in [0.1, 0.15) is 31.7 Å². The smallest absolute Gasteiger partial charge is 0.179 e. The molecule has 0 bridgehead atoms. The Balaban J connectivity index is 1.89. The van der Waals surface area contributed by atoms with E-state index in [0.717, 1.165) is 43.7 Å². The van der Waals surface area contributed by atoms with Crippen LogP contribution >= 0.6 is 11.6 Å². The summed E-state index contributed by atoms with van der Waals surface area (Å²) in [5, 5.41) is 13.1. The molecule has 1 aromatic carbocycles. The molecule has 118 valence electrons. The van der Waals surface area contributed by atoms with E-state index < -0.39 is 0 Å². The van der Waals surface area contributed by atoms with Gasteiger partial charge in [0.15, 0.2) is 11.5 Å². The van der Waals surface area contributed by atoms with Gasteiger partial charge in [0.05, 0.1) is 5.02 Å². The topological polar surface area (TPSA) is 50.7 Å². The molecule has 2 N–H and O–H groups in total. The van der Waals surface area contributed by atoms with Crippen LogP contribution in [-0.2, 0) is 6.54 Å². The quantitative estimate of drug-likeness (QED) is 0.774. The van der Waals surface area contributed by atoms with E-state index in [1.54, 1.807) is 0 Å². The van der Waals surface area contributed by atoms with Crippen LogP contribution in [0.2, 0.25) is 5.02 Å². The third-order valence-corrected chi connectivity index (χ3v) is 3.93. The summed E-state index contributed by atoms with van der Waals surface area (Å²) >= 11 is 6.22. The van der Waals surface area contributed by atoms with E-state index >= 15 is 0 Å². The predicted molar refractivity (Wildman–Crippen MR) is 84.2 cm³/mol. The maximum atomic E-state index is 9.07. The van der Waals surface area contributed by atoms with Crippen molar-refractivity contribution in [1.29, 1.82) is 0 Å². The highest BCUT2D eigenvalue weighted by molar-refractivity contribution is 6.32. The van der Waals surface area contributed by atoms with E-state index in [-0.39, 0.29) is 6.61 Å². The summed E-state index contributed by atoms with van der Waals surface area (Å²) in [6.45, 7) is 5.18. The van der Waals surface area contributed by atoms with Crippen LogP contribution in [0.3, 0.4) is 0 Å². The van der Waals surface area contributed by atoms with Crippen LogP contribution in [0.15, 0.2) is 12.1 Å². The van der Waals surface area contributed by atoms with E-state index in [1.165, 1.54) is 0 Å². The molecule has 0 fully saturated rings. The van der Waals surface area contributed by atoms with Gasteiger partial charge in [0.25, 0.3) is 0 Å². The summed E-state index contributed by atoms with van der Waals surface area (Å²) in [6.07, 6.45) is 3.13. The lowest BCUT2D eigenvalue weighted by Gasteiger charge is -2.21. The van der Waals surface area contributed by atoms with Gasteiger partial charge >= 0.3 is 0 Å². The molecule has 5 heteroatoms. The summed E-state index contributed by atoms with van der Waals surface area (Å²) in [7, 11) is 0. The van der Waals surface area contributed by atoms with E-state index in [1.807, 2.05) is 12.1 Å². The molecule has 1 aromatic rings. The highest BCUT2D eigenvalue weighted by atomic mass is 35.5. The highest BCUT2D eigenvalue weighted by Gasteiger charge is 2.16. The molecule has 0 aromatic heterocycles. The molecular formula is C16H24ClNO3. The average molecular weight is 314 g/mol. The van der Waals surface area contributed by atoms with Crippen LogP contribution < -0.4 is 14.8 Å². The number of ether oxygens (including phenoxy) is 2. The number of benzene rings is 1. The van der Waals surface area contributed by atoms with Crippen LogP contribution in [0.25, 0.3) is 0 Å². The third-order valence-electron chi connectivity index (χ3n) is 3.65. The number of halogens is 1. The Labute approximate surface area is 131 Å². The SMILES string of the molecule is CCCC(CCO)CNCc1cc(Cl)c2c(c1)OCCO2. The number of hydrogen-bond donors (Lipinski definition) is 2. The van der Waals surface area contributed by atoms with Gasteiger partial charge in [-0.1, -0.05) is 24.9 Å². The second kappa shape index (κ2) is 8.47. The Morgan fingerprint density at radius 1 is 1.29 bits per heavy atom. The number of fused-ring (bicyclic) bond motifs is 1. The Hall–Kier alpha value is -0.970. The zero-order chi connectivity index (χ0) is 15.1. The second-order valence-electron chi connectivity index (χ2n) is 5.40. The van der Waals surface area contributed by atoms with Crippen molar-refractivity contribution in [2.75, 3.05) is 26.4 Å². The van der Waals surface area contributed by atoms with Gasteiger partial charge in [-0.05, 0) is 43.0 Å². The Bertz CT molecular complexity index is 447. The van der Waals surface area contributed by atoms with Gasteiger partial charge in [0, 0.05) is 13.2 Å². The molecular weight excluding hydrogens is 290 g/mol. The van der Waals surface area contributed by atoms with Gasteiger partial charge in [-0.15, -0.1) is 0 Å². The lowest BCUT2D eigenvalue weighted by atomic mass is 10.0. The predicted octanol–water partition coefficient (Wildman–Crippen LogP) is 3.00. The van der Waals surface area contributed by atoms with Crippen LogP contribution in [0, 0.1) is 5.92 Å². The normalized spacial score (nSPS) is 15.0. The molecule has 1 heterocycles. The summed E-state index contributed by atoms with van der Waals surface area (Å²) in [5.41, 5.74) is 1.09. The molecule has 0 saturated carbocycles. The Kier molecular flexibility index (Phi) is 6.61. The third kappa shape index (κ3) is 4.77. The first-order valence-corrected chi connectivity index (χ1v) is 8.02. The minimum Gasteiger partial charge on any atom is -0.486 e. The molecule has 0 spiro atoms. The molecule has 0 saturated heterocycles. The fourth-order valence-electron chi connectivity index (χ4n) is 2.63. The van der Waals surface area contributed by atoms with E-state index in [2.05, 4.69) is 12.2 Å². The Morgan fingerprint density at radius 2 is 2.10 bits per heavy atom. The van der Waals surface area contributed by atoms with Gasteiger partial charge in [-0.3, -0.25) is 0 Å². The maximum Gasteiger partial charge on any atom is 0.179 e. The van der Waals surface area contributed by atoms with Crippen molar-refractivity contribution in [3.8, 4) is 11.5 Å². The van der Waals surface area contributed by atoms with Crippen molar-refractivity contribution in [2.45, 2.75) is 32.7 Å². The molecule has 1 aliphatic heterocycles. The molecule has 1 aliphatic rings. The van der Waals surface area contributed by atoms with Crippen molar-refractivity contribution >= 4 is 11.6 Å². The first kappa shape index (κ1) is 16.4. The van der Waals surface area contributed by atoms with E-state index in [9.17, 15) is 0 Å². The minimum atomic E-state index is 0.252. The molecule has 2 rings (SSSR count). The average Bonchev–Trinajstić information content (AvgIpc) is 2.48. The van der Waals surface area contributed by atoms with Crippen LogP contribution in [0.4, 0.5) is 0 Å². The van der Waals surface area contributed by atoms with Gasteiger partial charge in [0.2, 0.25) is 0 Å². The zero-order valence-corrected chi connectivity index (χ0v) is 13.3. The standard InChI is InChI=1S/C16H24ClNO3/c1-2-3-12(4-5-19)10-18-11-13-8-14(17)16-15(9-13)20-6-7-21-16/h8-9,12,18-19H,2-7,10-11H2,1H3. The van der Waals surface area contributed by atoms with Crippen LogP contribution in [0.5, 0.6) is 11.5 Å². The molecule has 4 nitrogen and oxygen atoms in total. The summed E-state index contributed by atoms with van der Waals surface area (Å²) in [6, 6.07) is 3.90. The molecule has 1 unspecified atom stereocenters. The zero-order valence-electron chi connectivity index (χ0n) is 12.5. The summed E-state index contributed by atoms with van der Waals surface area (Å²) in [5.74, 6) is 1.90. The minimum absolute atomic E-state index is 0.252. The number of aliphatic hydroxyl groups excluding tert-OH is 1. The van der Waals surface area contributed by atoms with Crippen LogP contribution in [-0.4, -0.2) is 31.5 Å². The van der Waals surface area contributed by atoms with Gasteiger partial charge in [-0.25, -0.2) is 0 Å². The molecule has 1 atom stereocenters. The summed E-state index contributed by atoms with van der Waals surface area (Å²) < 4.78 is 11.1. The first-order valence-electron chi connectivity index (χ1n) is 7.64. The summed E-state index contributed by atoms with van der Waals surface area (Å²) in [4.78, 5) is 0. The van der Waals surface area contributed by atoms with E-state index in [0.29, 0.717) is 29.9 Å². The maximum absolute atomic E-state index is 9.07. The number of hydrogen-bond acceptors (Lipinski definition) is 4. The fraction of sp³-hybridized carbons (Fsp3) is 0.625. The molecule has 21 heavy (non-hydrogen) atoms. The van der Waals surface area contributed by atoms with Crippen molar-refractivity contribution in [1.82, 2.24) is 5.32 Å². The van der Waals surface area contributed by atoms with Gasteiger partial charge < -0.3 is 19.9 Å². The van der Waals surface area contributed by atoms with Crippen molar-refractivity contribution in [3.05, 3.63) is 22.7 Å². The van der Waals surface area contributed by atoms with Gasteiger partial charge in [-0.2, -0.15) is 0 Å². The van der Waals surface area contributed by atoms with E-state index in [4.69, 9.17) is 26.2 Å². The number of rotatable bonds is 8. The van der Waals surface area contributed by atoms with Gasteiger partial charge in [0.1, 0.15) is 13.2 Å².